The van der Waals surface area contributed by atoms with Crippen molar-refractivity contribution in [3.05, 3.63) is 83.1 Å². The van der Waals surface area contributed by atoms with E-state index in [1.54, 1.807) is 16.3 Å². The van der Waals surface area contributed by atoms with Gasteiger partial charge in [0.05, 0.1) is 0 Å². The molecule has 2 aromatic rings. The minimum atomic E-state index is -1.27. The second kappa shape index (κ2) is 6.27. The molecule has 0 fully saturated rings. The molecule has 1 heteroatoms. The average molecular weight is 290 g/mol. The van der Waals surface area contributed by atoms with E-state index >= 15 is 0 Å². The van der Waals surface area contributed by atoms with Crippen LogP contribution in [-0.2, 0) is 0 Å². The van der Waals surface area contributed by atoms with Crippen molar-refractivity contribution >= 4 is 19.2 Å². The van der Waals surface area contributed by atoms with Crippen molar-refractivity contribution in [2.24, 2.45) is 0 Å². The highest BCUT2D eigenvalue weighted by atomic mass is 28.3. The van der Waals surface area contributed by atoms with Gasteiger partial charge in [-0.3, -0.25) is 0 Å². The van der Waals surface area contributed by atoms with Crippen LogP contribution in [0.15, 0.2) is 83.1 Å². The van der Waals surface area contributed by atoms with E-state index in [4.69, 9.17) is 0 Å². The Hall–Kier alpha value is -1.86. The van der Waals surface area contributed by atoms with Crippen molar-refractivity contribution in [1.29, 1.82) is 0 Å². The molecule has 0 N–H and O–H groups in total. The fourth-order valence-electron chi connectivity index (χ4n) is 3.32. The molecule has 0 bridgehead atoms. The van der Waals surface area contributed by atoms with Crippen LogP contribution in [-0.4, -0.2) is 8.80 Å². The molecule has 0 nitrogen and oxygen atoms in total. The molecule has 0 saturated carbocycles. The molecule has 0 amide bonds. The van der Waals surface area contributed by atoms with Gasteiger partial charge in [0.2, 0.25) is 0 Å². The smallest absolute Gasteiger partial charge is 0.0700 e. The van der Waals surface area contributed by atoms with Gasteiger partial charge in [0, 0.05) is 0 Å². The zero-order chi connectivity index (χ0) is 14.7. The third-order valence-corrected chi connectivity index (χ3v) is 7.61. The highest BCUT2D eigenvalue weighted by molar-refractivity contribution is 6.91. The molecule has 1 aliphatic carbocycles. The molecule has 0 radical (unpaired) electrons. The van der Waals surface area contributed by atoms with Crippen LogP contribution >= 0.6 is 0 Å². The summed E-state index contributed by atoms with van der Waals surface area (Å²) in [5.74, 6) is 0. The number of allylic oxidation sites excluding steroid dienone is 4. The monoisotopic (exact) mass is 290 g/mol. The number of hydrogen-bond acceptors (Lipinski definition) is 0. The average Bonchev–Trinajstić information content (AvgIpc) is 2.90. The summed E-state index contributed by atoms with van der Waals surface area (Å²) < 4.78 is 0. The molecule has 0 aromatic heterocycles. The van der Waals surface area contributed by atoms with Crippen LogP contribution in [0.4, 0.5) is 0 Å². The van der Waals surface area contributed by atoms with Gasteiger partial charge in [0.1, 0.15) is 8.80 Å². The van der Waals surface area contributed by atoms with Crippen LogP contribution in [0.1, 0.15) is 26.7 Å². The Bertz CT molecular complexity index is 626. The first kappa shape index (κ1) is 14.1. The fraction of sp³-hybridized carbons (Fsp3) is 0.200. The summed E-state index contributed by atoms with van der Waals surface area (Å²) >= 11 is 0. The molecule has 0 saturated heterocycles. The van der Waals surface area contributed by atoms with Gasteiger partial charge in [-0.1, -0.05) is 94.8 Å². The summed E-state index contributed by atoms with van der Waals surface area (Å²) in [7, 11) is -1.27. The van der Waals surface area contributed by atoms with Gasteiger partial charge in [-0.15, -0.1) is 0 Å². The normalized spacial score (nSPS) is 14.7. The third kappa shape index (κ3) is 2.93. The van der Waals surface area contributed by atoms with Crippen molar-refractivity contribution in [2.45, 2.75) is 26.7 Å². The van der Waals surface area contributed by atoms with Crippen LogP contribution in [0.5, 0.6) is 0 Å². The molecule has 0 atom stereocenters. The van der Waals surface area contributed by atoms with Gasteiger partial charge in [0.15, 0.2) is 0 Å². The molecule has 3 rings (SSSR count). The van der Waals surface area contributed by atoms with E-state index in [0.717, 1.165) is 6.42 Å². The van der Waals surface area contributed by atoms with Gasteiger partial charge in [-0.25, -0.2) is 0 Å². The lowest BCUT2D eigenvalue weighted by Gasteiger charge is -2.18. The van der Waals surface area contributed by atoms with Gasteiger partial charge in [0.25, 0.3) is 0 Å². The van der Waals surface area contributed by atoms with Crippen LogP contribution in [0.2, 0.25) is 0 Å². The Morgan fingerprint density at radius 1 is 0.857 bits per heavy atom. The highest BCUT2D eigenvalue weighted by Crippen LogP contribution is 2.28. The Morgan fingerprint density at radius 2 is 1.38 bits per heavy atom. The maximum absolute atomic E-state index is 2.49. The predicted octanol–water partition coefficient (Wildman–Crippen LogP) is 3.62. The van der Waals surface area contributed by atoms with E-state index in [9.17, 15) is 0 Å². The maximum atomic E-state index is 2.49. The molecular formula is C20H22Si. The van der Waals surface area contributed by atoms with E-state index in [2.05, 4.69) is 80.6 Å². The largest absolute Gasteiger partial charge is 0.128 e. The Labute approximate surface area is 129 Å². The lowest BCUT2D eigenvalue weighted by molar-refractivity contribution is 1.10. The molecule has 106 valence electrons. The summed E-state index contributed by atoms with van der Waals surface area (Å²) in [4.78, 5) is 0. The fourth-order valence-corrected chi connectivity index (χ4v) is 6.65. The molecule has 1 aliphatic rings. The molecule has 21 heavy (non-hydrogen) atoms. The lowest BCUT2D eigenvalue weighted by atomic mass is 10.1. The number of rotatable bonds is 4. The van der Waals surface area contributed by atoms with Gasteiger partial charge in [-0.2, -0.15) is 0 Å². The minimum absolute atomic E-state index is 1.15. The summed E-state index contributed by atoms with van der Waals surface area (Å²) in [5.41, 5.74) is 3.12. The number of benzene rings is 2. The zero-order valence-corrected chi connectivity index (χ0v) is 14.0. The summed E-state index contributed by atoms with van der Waals surface area (Å²) in [6.07, 6.45) is 4.82. The van der Waals surface area contributed by atoms with Crippen molar-refractivity contribution in [2.75, 3.05) is 0 Å². The SMILES string of the molecule is CCC1=C(C)CC([SiH](c2ccccc2)c2ccccc2)=C1. The summed E-state index contributed by atoms with van der Waals surface area (Å²) in [5, 5.41) is 4.72. The molecule has 0 heterocycles. The van der Waals surface area contributed by atoms with Gasteiger partial charge < -0.3 is 0 Å². The van der Waals surface area contributed by atoms with Crippen LogP contribution < -0.4 is 10.4 Å². The second-order valence-electron chi connectivity index (χ2n) is 5.81. The molecular weight excluding hydrogens is 268 g/mol. The highest BCUT2D eigenvalue weighted by Gasteiger charge is 2.24. The third-order valence-electron chi connectivity index (χ3n) is 4.39. The molecule has 0 spiro atoms. The van der Waals surface area contributed by atoms with Crippen molar-refractivity contribution < 1.29 is 0 Å². The van der Waals surface area contributed by atoms with Gasteiger partial charge >= 0.3 is 0 Å². The predicted molar refractivity (Wildman–Crippen MR) is 95.0 cm³/mol. The first-order valence-electron chi connectivity index (χ1n) is 7.78. The van der Waals surface area contributed by atoms with E-state index in [1.807, 2.05) is 0 Å². The molecule has 2 aromatic carbocycles. The Morgan fingerprint density at radius 3 is 1.81 bits per heavy atom. The Kier molecular flexibility index (Phi) is 4.21. The molecule has 0 aliphatic heterocycles. The van der Waals surface area contributed by atoms with E-state index in [0.29, 0.717) is 0 Å². The first-order chi connectivity index (χ1) is 10.3. The van der Waals surface area contributed by atoms with Crippen molar-refractivity contribution in [3.63, 3.8) is 0 Å². The Balaban J connectivity index is 2.03. The van der Waals surface area contributed by atoms with Crippen molar-refractivity contribution in [1.82, 2.24) is 0 Å². The van der Waals surface area contributed by atoms with Crippen molar-refractivity contribution in [3.8, 4) is 0 Å². The van der Waals surface area contributed by atoms with E-state index in [-0.39, 0.29) is 0 Å². The summed E-state index contributed by atoms with van der Waals surface area (Å²) in [6.45, 7) is 4.56. The number of hydrogen-bond donors (Lipinski definition) is 0. The van der Waals surface area contributed by atoms with Crippen LogP contribution in [0, 0.1) is 0 Å². The minimum Gasteiger partial charge on any atom is -0.0700 e. The maximum Gasteiger partial charge on any atom is 0.128 e. The quantitative estimate of drug-likeness (QED) is 0.754. The second-order valence-corrected chi connectivity index (χ2v) is 8.75. The standard InChI is InChI=1S/C20H22Si/c1-3-17-15-20(14-16(17)2)21(18-10-6-4-7-11-18)19-12-8-5-9-13-19/h4-13,15,21H,3,14H2,1-2H3. The van der Waals surface area contributed by atoms with E-state index < -0.39 is 8.80 Å². The van der Waals surface area contributed by atoms with Crippen LogP contribution in [0.25, 0.3) is 0 Å². The zero-order valence-electron chi connectivity index (χ0n) is 12.8. The van der Waals surface area contributed by atoms with Gasteiger partial charge in [-0.05, 0) is 25.3 Å². The summed E-state index contributed by atoms with van der Waals surface area (Å²) in [6, 6.07) is 22.2. The van der Waals surface area contributed by atoms with Crippen LogP contribution in [0.3, 0.4) is 0 Å². The lowest BCUT2D eigenvalue weighted by Crippen LogP contribution is -2.43. The first-order valence-corrected chi connectivity index (χ1v) is 9.51. The topological polar surface area (TPSA) is 0 Å². The molecule has 0 unspecified atom stereocenters. The van der Waals surface area contributed by atoms with E-state index in [1.165, 1.54) is 16.8 Å².